The first-order chi connectivity index (χ1) is 18.8. The lowest BCUT2D eigenvalue weighted by Gasteiger charge is -2.34. The predicted octanol–water partition coefficient (Wildman–Crippen LogP) is 4.10. The Morgan fingerprint density at radius 3 is 2.33 bits per heavy atom. The molecule has 0 radical (unpaired) electrons. The number of thiocarbonyl (C=S) groups is 1. The fraction of sp³-hybridized carbons (Fsp3) is 0.308. The van der Waals surface area contributed by atoms with E-state index in [0.717, 1.165) is 18.0 Å². The van der Waals surface area contributed by atoms with Crippen LogP contribution in [0.4, 0.5) is 13.6 Å². The topological polar surface area (TPSA) is 140 Å². The van der Waals surface area contributed by atoms with E-state index >= 15 is 0 Å². The lowest BCUT2D eigenvalue weighted by atomic mass is 9.81. The number of carbonyl (C=O) groups excluding carboxylic acids is 1. The van der Waals surface area contributed by atoms with Gasteiger partial charge in [0, 0.05) is 18.0 Å². The van der Waals surface area contributed by atoms with Gasteiger partial charge in [0.1, 0.15) is 16.4 Å². The van der Waals surface area contributed by atoms with Crippen molar-refractivity contribution in [3.8, 4) is 11.1 Å². The molecule has 40 heavy (non-hydrogen) atoms. The van der Waals surface area contributed by atoms with Crippen molar-refractivity contribution in [2.45, 2.75) is 32.0 Å². The van der Waals surface area contributed by atoms with E-state index in [9.17, 15) is 31.9 Å². The maximum absolute atomic E-state index is 12.9. The molecule has 3 aromatic rings. The SMILES string of the molecule is CC(C[C@](NC(=S)NC(=O)OCc1ccccc1)(C(=O)O)c1ccc(-c2cnn(C(F)F)c2)cc1)CS(C)(=O)=O. The Bertz CT molecular complexity index is 1450. The quantitative estimate of drug-likeness (QED) is 0.280. The summed E-state index contributed by atoms with van der Waals surface area (Å²) in [6.45, 7) is -1.28. The van der Waals surface area contributed by atoms with Crippen molar-refractivity contribution in [1.29, 1.82) is 0 Å². The molecule has 1 heterocycles. The van der Waals surface area contributed by atoms with Gasteiger partial charge in [-0.05, 0) is 41.2 Å². The number of hydrogen-bond donors (Lipinski definition) is 3. The number of aliphatic carboxylic acids is 1. The number of aromatic nitrogens is 2. The van der Waals surface area contributed by atoms with Crippen LogP contribution in [0, 0.1) is 5.92 Å². The second kappa shape index (κ2) is 13.0. The maximum atomic E-state index is 12.9. The van der Waals surface area contributed by atoms with Crippen LogP contribution >= 0.6 is 12.2 Å². The van der Waals surface area contributed by atoms with Gasteiger partial charge in [-0.15, -0.1) is 0 Å². The van der Waals surface area contributed by atoms with Crippen molar-refractivity contribution < 1.29 is 36.6 Å². The molecule has 3 N–H and O–H groups in total. The van der Waals surface area contributed by atoms with Crippen LogP contribution in [0.3, 0.4) is 0 Å². The first kappa shape index (κ1) is 30.6. The molecule has 1 amide bonds. The van der Waals surface area contributed by atoms with Crippen LogP contribution in [-0.2, 0) is 31.5 Å². The number of hydrogen-bond acceptors (Lipinski definition) is 7. The minimum Gasteiger partial charge on any atom is -0.479 e. The monoisotopic (exact) mass is 594 g/mol. The molecule has 0 saturated heterocycles. The number of alkyl halides is 2. The van der Waals surface area contributed by atoms with Gasteiger partial charge in [0.15, 0.2) is 10.7 Å². The molecule has 1 aromatic heterocycles. The first-order valence-electron chi connectivity index (χ1n) is 11.9. The molecule has 3 rings (SSSR count). The highest BCUT2D eigenvalue weighted by Crippen LogP contribution is 2.32. The van der Waals surface area contributed by atoms with Crippen molar-refractivity contribution in [3.63, 3.8) is 0 Å². The fourth-order valence-electron chi connectivity index (χ4n) is 4.22. The smallest absolute Gasteiger partial charge is 0.413 e. The zero-order chi connectivity index (χ0) is 29.5. The molecule has 0 aliphatic rings. The predicted molar refractivity (Wildman–Crippen MR) is 147 cm³/mol. The summed E-state index contributed by atoms with van der Waals surface area (Å²) < 4.78 is 55.3. The lowest BCUT2D eigenvalue weighted by molar-refractivity contribution is -0.145. The van der Waals surface area contributed by atoms with Gasteiger partial charge in [0.05, 0.1) is 11.9 Å². The largest absolute Gasteiger partial charge is 0.479 e. The number of nitrogens with one attached hydrogen (secondary N) is 2. The van der Waals surface area contributed by atoms with Crippen LogP contribution in [0.5, 0.6) is 0 Å². The van der Waals surface area contributed by atoms with Crippen LogP contribution < -0.4 is 10.6 Å². The van der Waals surface area contributed by atoms with Crippen molar-refractivity contribution in [2.75, 3.05) is 12.0 Å². The molecule has 214 valence electrons. The summed E-state index contributed by atoms with van der Waals surface area (Å²) in [6.07, 6.45) is 2.30. The third-order valence-electron chi connectivity index (χ3n) is 5.87. The minimum absolute atomic E-state index is 0.0473. The molecular weight excluding hydrogens is 566 g/mol. The molecule has 0 fully saturated rings. The summed E-state index contributed by atoms with van der Waals surface area (Å²) in [5.74, 6) is -2.32. The van der Waals surface area contributed by atoms with Gasteiger partial charge in [-0.1, -0.05) is 61.5 Å². The normalized spacial score (nSPS) is 13.7. The number of benzene rings is 2. The number of ether oxygens (including phenoxy) is 1. The Kier molecular flexibility index (Phi) is 9.93. The molecule has 0 aliphatic carbocycles. The van der Waals surface area contributed by atoms with Crippen molar-refractivity contribution in [3.05, 3.63) is 78.1 Å². The molecule has 0 aliphatic heterocycles. The summed E-state index contributed by atoms with van der Waals surface area (Å²) in [5, 5.41) is 18.6. The summed E-state index contributed by atoms with van der Waals surface area (Å²) in [6, 6.07) is 14.8. The highest BCUT2D eigenvalue weighted by atomic mass is 32.2. The second-order valence-electron chi connectivity index (χ2n) is 9.32. The zero-order valence-electron chi connectivity index (χ0n) is 21.6. The van der Waals surface area contributed by atoms with E-state index < -0.39 is 39.9 Å². The summed E-state index contributed by atoms with van der Waals surface area (Å²) >= 11 is 5.23. The van der Waals surface area contributed by atoms with Crippen LogP contribution in [0.1, 0.15) is 31.0 Å². The van der Waals surface area contributed by atoms with E-state index in [0.29, 0.717) is 15.8 Å². The van der Waals surface area contributed by atoms with E-state index in [-0.39, 0.29) is 29.5 Å². The average Bonchev–Trinajstić information content (AvgIpc) is 3.37. The van der Waals surface area contributed by atoms with Crippen molar-refractivity contribution in [2.24, 2.45) is 5.92 Å². The molecule has 0 spiro atoms. The molecule has 0 saturated carbocycles. The maximum Gasteiger partial charge on any atom is 0.413 e. The Labute approximate surface area is 235 Å². The van der Waals surface area contributed by atoms with Gasteiger partial charge in [-0.3, -0.25) is 5.32 Å². The highest BCUT2D eigenvalue weighted by Gasteiger charge is 2.43. The highest BCUT2D eigenvalue weighted by molar-refractivity contribution is 7.90. The number of carbonyl (C=O) groups is 2. The van der Waals surface area contributed by atoms with E-state index in [4.69, 9.17) is 17.0 Å². The van der Waals surface area contributed by atoms with Gasteiger partial charge in [-0.25, -0.2) is 22.7 Å². The Morgan fingerprint density at radius 1 is 1.12 bits per heavy atom. The van der Waals surface area contributed by atoms with E-state index in [1.165, 1.54) is 30.5 Å². The van der Waals surface area contributed by atoms with Crippen LogP contribution in [0.25, 0.3) is 11.1 Å². The summed E-state index contributed by atoms with van der Waals surface area (Å²) in [5.41, 5.74) is -0.175. The van der Waals surface area contributed by atoms with Crippen molar-refractivity contribution in [1.82, 2.24) is 20.4 Å². The fourth-order valence-corrected chi connectivity index (χ4v) is 5.63. The van der Waals surface area contributed by atoms with E-state index in [2.05, 4.69) is 15.7 Å². The van der Waals surface area contributed by atoms with E-state index in [1.807, 2.05) is 6.07 Å². The lowest BCUT2D eigenvalue weighted by Crippen LogP contribution is -2.56. The number of sulfone groups is 1. The van der Waals surface area contributed by atoms with Gasteiger partial charge >= 0.3 is 18.6 Å². The van der Waals surface area contributed by atoms with Gasteiger partial charge < -0.3 is 15.2 Å². The molecule has 14 heteroatoms. The van der Waals surface area contributed by atoms with E-state index in [1.54, 1.807) is 31.2 Å². The summed E-state index contributed by atoms with van der Waals surface area (Å²) in [4.78, 5) is 25.1. The molecule has 0 bridgehead atoms. The van der Waals surface area contributed by atoms with Crippen LogP contribution in [0.15, 0.2) is 67.0 Å². The van der Waals surface area contributed by atoms with Gasteiger partial charge in [0.25, 0.3) is 0 Å². The molecular formula is C26H28F2N4O6S2. The summed E-state index contributed by atoms with van der Waals surface area (Å²) in [7, 11) is -3.45. The second-order valence-corrected chi connectivity index (χ2v) is 11.9. The van der Waals surface area contributed by atoms with Gasteiger partial charge in [-0.2, -0.15) is 13.9 Å². The average molecular weight is 595 g/mol. The van der Waals surface area contributed by atoms with Crippen LogP contribution in [0.2, 0.25) is 0 Å². The number of amides is 1. The number of nitrogens with zero attached hydrogens (tertiary/aromatic N) is 2. The number of carboxylic acids is 1. The minimum atomic E-state index is -3.45. The number of alkyl carbamates (subject to hydrolysis) is 1. The Hall–Kier alpha value is -3.91. The molecule has 10 nitrogen and oxygen atoms in total. The first-order valence-corrected chi connectivity index (χ1v) is 14.4. The van der Waals surface area contributed by atoms with Crippen molar-refractivity contribution >= 4 is 39.2 Å². The Morgan fingerprint density at radius 2 is 1.77 bits per heavy atom. The third kappa shape index (κ3) is 8.29. The molecule has 2 atom stereocenters. The third-order valence-corrected chi connectivity index (χ3v) is 7.25. The van der Waals surface area contributed by atoms with Gasteiger partial charge in [0.2, 0.25) is 0 Å². The standard InChI is InChI=1S/C26H28F2N4O6S2/c1-17(16-40(2,36)37)12-26(22(33)34,31-24(39)30-25(35)38-15-18-6-4-3-5-7-18)21-10-8-19(9-11-21)20-13-29-32(14-20)23(27)28/h3-11,13-14,17,23H,12,15-16H2,1-2H3,(H,33,34)(H2,30,31,35,39)/t17?,26-/m1/s1. The molecule has 2 aromatic carbocycles. The number of halogens is 2. The van der Waals surface area contributed by atoms with Crippen LogP contribution in [-0.4, -0.2) is 52.5 Å². The number of rotatable bonds is 11. The molecule has 1 unspecified atom stereocenters. The Balaban J connectivity index is 1.87. The zero-order valence-corrected chi connectivity index (χ0v) is 23.2. The number of carboxylic acid groups (broad SMARTS) is 1.